The van der Waals surface area contributed by atoms with Gasteiger partial charge in [0.15, 0.2) is 0 Å². The van der Waals surface area contributed by atoms with E-state index in [-0.39, 0.29) is 5.92 Å². The Morgan fingerprint density at radius 1 is 1.40 bits per heavy atom. The first-order valence-electron chi connectivity index (χ1n) is 6.08. The zero-order valence-corrected chi connectivity index (χ0v) is 10.1. The van der Waals surface area contributed by atoms with E-state index in [0.717, 1.165) is 32.4 Å². The van der Waals surface area contributed by atoms with E-state index >= 15 is 0 Å². The van der Waals surface area contributed by atoms with Crippen molar-refractivity contribution in [2.24, 2.45) is 5.92 Å². The first-order valence-corrected chi connectivity index (χ1v) is 6.08. The highest BCUT2D eigenvalue weighted by atomic mass is 16.4. The summed E-state index contributed by atoms with van der Waals surface area (Å²) in [5.41, 5.74) is -0.595. The summed E-state index contributed by atoms with van der Waals surface area (Å²) in [6, 6.07) is 0. The molecule has 1 rings (SSSR count). The average molecular weight is 213 g/mol. The van der Waals surface area contributed by atoms with E-state index in [0.29, 0.717) is 0 Å². The highest BCUT2D eigenvalue weighted by Crippen LogP contribution is 2.38. The molecule has 0 aromatic rings. The van der Waals surface area contributed by atoms with Crippen molar-refractivity contribution in [3.8, 4) is 0 Å². The van der Waals surface area contributed by atoms with Gasteiger partial charge >= 0.3 is 5.97 Å². The molecule has 0 aromatic carbocycles. The van der Waals surface area contributed by atoms with Crippen LogP contribution in [0.3, 0.4) is 0 Å². The summed E-state index contributed by atoms with van der Waals surface area (Å²) in [7, 11) is 0. The fourth-order valence-electron chi connectivity index (χ4n) is 3.04. The minimum absolute atomic E-state index is 0.267. The summed E-state index contributed by atoms with van der Waals surface area (Å²) in [4.78, 5) is 13.7. The molecule has 0 aliphatic heterocycles. The third-order valence-corrected chi connectivity index (χ3v) is 3.96. The van der Waals surface area contributed by atoms with Gasteiger partial charge in [-0.05, 0) is 31.8 Å². The number of rotatable bonds is 4. The second kappa shape index (κ2) is 4.97. The topological polar surface area (TPSA) is 40.5 Å². The van der Waals surface area contributed by atoms with Crippen LogP contribution >= 0.6 is 0 Å². The summed E-state index contributed by atoms with van der Waals surface area (Å²) >= 11 is 0. The van der Waals surface area contributed by atoms with Gasteiger partial charge < -0.3 is 5.11 Å². The Morgan fingerprint density at radius 2 is 2.00 bits per heavy atom. The molecule has 0 amide bonds. The predicted octanol–water partition coefficient (Wildman–Crippen LogP) is 2.36. The van der Waals surface area contributed by atoms with Crippen LogP contribution in [0.5, 0.6) is 0 Å². The molecule has 15 heavy (non-hydrogen) atoms. The van der Waals surface area contributed by atoms with Crippen LogP contribution in [0.4, 0.5) is 0 Å². The van der Waals surface area contributed by atoms with Crippen molar-refractivity contribution in [2.75, 3.05) is 13.1 Å². The summed E-state index contributed by atoms with van der Waals surface area (Å²) in [5.74, 6) is -0.359. The molecule has 1 aliphatic carbocycles. The van der Waals surface area contributed by atoms with Crippen molar-refractivity contribution in [1.29, 1.82) is 0 Å². The summed E-state index contributed by atoms with van der Waals surface area (Å²) in [6.07, 6.45) is 4.08. The number of carboxylic acid groups (broad SMARTS) is 1. The lowest BCUT2D eigenvalue weighted by molar-refractivity contribution is -0.158. The van der Waals surface area contributed by atoms with Gasteiger partial charge in [0.1, 0.15) is 5.54 Å². The Kier molecular flexibility index (Phi) is 4.14. The van der Waals surface area contributed by atoms with E-state index < -0.39 is 11.5 Å². The molecule has 0 saturated heterocycles. The summed E-state index contributed by atoms with van der Waals surface area (Å²) < 4.78 is 0. The van der Waals surface area contributed by atoms with Crippen molar-refractivity contribution in [2.45, 2.75) is 52.0 Å². The Morgan fingerprint density at radius 3 is 2.40 bits per heavy atom. The maximum atomic E-state index is 11.6. The van der Waals surface area contributed by atoms with Crippen molar-refractivity contribution < 1.29 is 9.90 Å². The van der Waals surface area contributed by atoms with Gasteiger partial charge in [-0.2, -0.15) is 0 Å². The molecule has 1 aliphatic rings. The van der Waals surface area contributed by atoms with Crippen LogP contribution in [0.1, 0.15) is 46.5 Å². The lowest BCUT2D eigenvalue weighted by Gasteiger charge is -2.46. The first kappa shape index (κ1) is 12.5. The molecule has 0 bridgehead atoms. The lowest BCUT2D eigenvalue weighted by Crippen LogP contribution is -2.59. The Bertz CT molecular complexity index is 226. The van der Waals surface area contributed by atoms with Gasteiger partial charge in [0.05, 0.1) is 0 Å². The second-order valence-corrected chi connectivity index (χ2v) is 4.55. The first-order chi connectivity index (χ1) is 7.09. The van der Waals surface area contributed by atoms with Crippen LogP contribution in [0.2, 0.25) is 0 Å². The fourth-order valence-corrected chi connectivity index (χ4v) is 3.04. The number of carboxylic acids is 1. The molecule has 2 unspecified atom stereocenters. The second-order valence-electron chi connectivity index (χ2n) is 4.55. The van der Waals surface area contributed by atoms with Crippen LogP contribution in [-0.2, 0) is 4.79 Å². The van der Waals surface area contributed by atoms with Gasteiger partial charge in [-0.3, -0.25) is 9.69 Å². The van der Waals surface area contributed by atoms with Crippen LogP contribution in [0.15, 0.2) is 0 Å². The molecule has 88 valence electrons. The highest BCUT2D eigenvalue weighted by Gasteiger charge is 2.48. The minimum atomic E-state index is -0.626. The molecule has 0 heterocycles. The highest BCUT2D eigenvalue weighted by molar-refractivity contribution is 5.79. The standard InChI is InChI=1S/C12H23NO2/c1-4-13(5-2)12(11(14)15)9-7-6-8-10(12)3/h10H,4-9H2,1-3H3,(H,14,15). The van der Waals surface area contributed by atoms with E-state index in [2.05, 4.69) is 25.7 Å². The number of likely N-dealkylation sites (N-methyl/N-ethyl adjacent to an activating group) is 1. The molecule has 1 saturated carbocycles. The molecular weight excluding hydrogens is 190 g/mol. The van der Waals surface area contributed by atoms with Crippen LogP contribution < -0.4 is 0 Å². The van der Waals surface area contributed by atoms with Gasteiger partial charge in [-0.25, -0.2) is 0 Å². The molecule has 3 heteroatoms. The number of hydrogen-bond donors (Lipinski definition) is 1. The average Bonchev–Trinajstić information content (AvgIpc) is 2.22. The SMILES string of the molecule is CCN(CC)C1(C(=O)O)CCCCC1C. The number of carbonyl (C=O) groups is 1. The maximum Gasteiger partial charge on any atom is 0.324 e. The van der Waals surface area contributed by atoms with Crippen molar-refractivity contribution in [3.63, 3.8) is 0 Å². The van der Waals surface area contributed by atoms with E-state index in [9.17, 15) is 9.90 Å². The summed E-state index contributed by atoms with van der Waals surface area (Å²) in [6.45, 7) is 7.84. The predicted molar refractivity (Wildman–Crippen MR) is 60.9 cm³/mol. The van der Waals surface area contributed by atoms with Crippen molar-refractivity contribution >= 4 is 5.97 Å². The van der Waals surface area contributed by atoms with E-state index in [4.69, 9.17) is 0 Å². The quantitative estimate of drug-likeness (QED) is 0.779. The number of nitrogens with zero attached hydrogens (tertiary/aromatic N) is 1. The Hall–Kier alpha value is -0.570. The smallest absolute Gasteiger partial charge is 0.324 e. The monoisotopic (exact) mass is 213 g/mol. The molecule has 0 aromatic heterocycles. The van der Waals surface area contributed by atoms with Gasteiger partial charge in [0.2, 0.25) is 0 Å². The Labute approximate surface area is 92.5 Å². The van der Waals surface area contributed by atoms with Gasteiger partial charge in [0.25, 0.3) is 0 Å². The van der Waals surface area contributed by atoms with Crippen LogP contribution in [-0.4, -0.2) is 34.6 Å². The normalized spacial score (nSPS) is 31.9. The molecule has 1 fully saturated rings. The van der Waals surface area contributed by atoms with Crippen LogP contribution in [0.25, 0.3) is 0 Å². The molecule has 0 spiro atoms. The van der Waals surface area contributed by atoms with E-state index in [1.165, 1.54) is 6.42 Å². The van der Waals surface area contributed by atoms with Crippen molar-refractivity contribution in [1.82, 2.24) is 4.90 Å². The summed E-state index contributed by atoms with van der Waals surface area (Å²) in [5, 5.41) is 9.55. The molecule has 2 atom stereocenters. The molecule has 1 N–H and O–H groups in total. The fraction of sp³-hybridized carbons (Fsp3) is 0.917. The third kappa shape index (κ3) is 2.03. The Balaban J connectivity index is 2.99. The largest absolute Gasteiger partial charge is 0.480 e. The minimum Gasteiger partial charge on any atom is -0.480 e. The number of aliphatic carboxylic acids is 1. The van der Waals surface area contributed by atoms with E-state index in [1.54, 1.807) is 0 Å². The van der Waals surface area contributed by atoms with Gasteiger partial charge in [-0.1, -0.05) is 33.6 Å². The van der Waals surface area contributed by atoms with Gasteiger partial charge in [-0.15, -0.1) is 0 Å². The lowest BCUT2D eigenvalue weighted by atomic mass is 9.72. The maximum absolute atomic E-state index is 11.6. The zero-order valence-electron chi connectivity index (χ0n) is 10.1. The zero-order chi connectivity index (χ0) is 11.5. The number of hydrogen-bond acceptors (Lipinski definition) is 2. The molecular formula is C12H23NO2. The van der Waals surface area contributed by atoms with Gasteiger partial charge in [0, 0.05) is 0 Å². The van der Waals surface area contributed by atoms with E-state index in [1.807, 2.05) is 0 Å². The van der Waals surface area contributed by atoms with Crippen molar-refractivity contribution in [3.05, 3.63) is 0 Å². The third-order valence-electron chi connectivity index (χ3n) is 3.96. The van der Waals surface area contributed by atoms with Crippen LogP contribution in [0, 0.1) is 5.92 Å². The molecule has 3 nitrogen and oxygen atoms in total. The molecule has 0 radical (unpaired) electrons.